The van der Waals surface area contributed by atoms with Crippen molar-refractivity contribution >= 4 is 5.97 Å². The molecular formula is C13H20O2. The lowest BCUT2D eigenvalue weighted by Crippen LogP contribution is -2.02. The third-order valence-electron chi connectivity index (χ3n) is 1.77. The van der Waals surface area contributed by atoms with Gasteiger partial charge in [0.25, 0.3) is 0 Å². The van der Waals surface area contributed by atoms with Gasteiger partial charge in [0.15, 0.2) is 0 Å². The van der Waals surface area contributed by atoms with Crippen molar-refractivity contribution in [3.05, 3.63) is 36.5 Å². The van der Waals surface area contributed by atoms with Crippen LogP contribution in [-0.4, -0.2) is 12.6 Å². The van der Waals surface area contributed by atoms with Crippen molar-refractivity contribution in [1.29, 1.82) is 0 Å². The van der Waals surface area contributed by atoms with E-state index in [9.17, 15) is 4.79 Å². The third kappa shape index (κ3) is 9.01. The molecule has 0 rings (SSSR count). The fraction of sp³-hybridized carbons (Fsp3) is 0.462. The van der Waals surface area contributed by atoms with Gasteiger partial charge in [-0.15, -0.1) is 0 Å². The van der Waals surface area contributed by atoms with Crippen molar-refractivity contribution in [2.24, 2.45) is 5.92 Å². The van der Waals surface area contributed by atoms with E-state index in [1.807, 2.05) is 32.9 Å². The first-order valence-electron chi connectivity index (χ1n) is 5.20. The highest BCUT2D eigenvalue weighted by Gasteiger charge is 1.95. The van der Waals surface area contributed by atoms with Crippen LogP contribution in [0.4, 0.5) is 0 Å². The Balaban J connectivity index is 3.69. The number of hydrogen-bond donors (Lipinski definition) is 0. The van der Waals surface area contributed by atoms with Crippen LogP contribution < -0.4 is 0 Å². The molecule has 0 aliphatic rings. The molecule has 84 valence electrons. The normalized spacial score (nSPS) is 12.1. The van der Waals surface area contributed by atoms with Gasteiger partial charge in [0.2, 0.25) is 0 Å². The van der Waals surface area contributed by atoms with Gasteiger partial charge in [-0.2, -0.15) is 0 Å². The molecule has 0 bridgehead atoms. The number of rotatable bonds is 6. The predicted octanol–water partition coefficient (Wildman–Crippen LogP) is 3.26. The molecule has 0 fully saturated rings. The summed E-state index contributed by atoms with van der Waals surface area (Å²) in [6.45, 7) is 10.1. The molecule has 0 saturated carbocycles. The summed E-state index contributed by atoms with van der Waals surface area (Å²) in [6.07, 6.45) is 7.81. The Bertz CT molecular complexity index is 260. The summed E-state index contributed by atoms with van der Waals surface area (Å²) < 4.78 is 4.98. The van der Waals surface area contributed by atoms with Crippen molar-refractivity contribution in [3.8, 4) is 0 Å². The molecule has 2 heteroatoms. The van der Waals surface area contributed by atoms with Gasteiger partial charge in [0, 0.05) is 12.5 Å². The van der Waals surface area contributed by atoms with E-state index in [-0.39, 0.29) is 5.97 Å². The third-order valence-corrected chi connectivity index (χ3v) is 1.77. The lowest BCUT2D eigenvalue weighted by molar-refractivity contribution is -0.137. The van der Waals surface area contributed by atoms with Crippen LogP contribution in [0.3, 0.4) is 0 Å². The predicted molar refractivity (Wildman–Crippen MR) is 63.5 cm³/mol. The average Bonchev–Trinajstić information content (AvgIpc) is 2.21. The Morgan fingerprint density at radius 3 is 2.67 bits per heavy atom. The van der Waals surface area contributed by atoms with Crippen LogP contribution in [0, 0.1) is 5.92 Å². The van der Waals surface area contributed by atoms with Crippen LogP contribution in [0.15, 0.2) is 36.5 Å². The van der Waals surface area contributed by atoms with Crippen molar-refractivity contribution in [2.45, 2.75) is 27.2 Å². The molecule has 0 unspecified atom stereocenters. The van der Waals surface area contributed by atoms with Crippen LogP contribution in [0.5, 0.6) is 0 Å². The molecule has 15 heavy (non-hydrogen) atoms. The van der Waals surface area contributed by atoms with E-state index >= 15 is 0 Å². The fourth-order valence-electron chi connectivity index (χ4n) is 0.849. The highest BCUT2D eigenvalue weighted by Crippen LogP contribution is 1.97. The summed E-state index contributed by atoms with van der Waals surface area (Å²) in [5.41, 5.74) is 1.10. The highest BCUT2D eigenvalue weighted by molar-refractivity contribution is 5.81. The summed E-state index contributed by atoms with van der Waals surface area (Å²) in [7, 11) is 0. The first kappa shape index (κ1) is 13.7. The summed E-state index contributed by atoms with van der Waals surface area (Å²) in [5, 5.41) is 0. The minimum absolute atomic E-state index is 0.270. The zero-order chi connectivity index (χ0) is 11.7. The van der Waals surface area contributed by atoms with E-state index in [0.717, 1.165) is 12.0 Å². The second-order valence-corrected chi connectivity index (χ2v) is 3.71. The Morgan fingerprint density at radius 2 is 2.13 bits per heavy atom. The van der Waals surface area contributed by atoms with Crippen molar-refractivity contribution < 1.29 is 9.53 Å². The smallest absolute Gasteiger partial charge is 0.330 e. The lowest BCUT2D eigenvalue weighted by atomic mass is 10.2. The number of carbonyl (C=O) groups is 1. The monoisotopic (exact) mass is 208 g/mol. The number of carbonyl (C=O) groups excluding carboxylic acids is 1. The first-order valence-corrected chi connectivity index (χ1v) is 5.20. The maximum absolute atomic E-state index is 11.1. The standard InChI is InChI=1S/C13H20O2/c1-5-12(4)7-6-10-15-13(14)9-8-11(2)3/h5,7-9,11H,1,6,10H2,2-4H3/b9-8+,12-7+. The first-order chi connectivity index (χ1) is 7.06. The highest BCUT2D eigenvalue weighted by atomic mass is 16.5. The topological polar surface area (TPSA) is 26.3 Å². The van der Waals surface area contributed by atoms with Gasteiger partial charge in [-0.25, -0.2) is 4.79 Å². The van der Waals surface area contributed by atoms with E-state index in [1.54, 1.807) is 6.08 Å². The number of esters is 1. The molecule has 0 aliphatic heterocycles. The fourth-order valence-corrected chi connectivity index (χ4v) is 0.849. The number of hydrogen-bond acceptors (Lipinski definition) is 2. The van der Waals surface area contributed by atoms with Crippen molar-refractivity contribution in [1.82, 2.24) is 0 Å². The summed E-state index contributed by atoms with van der Waals surface area (Å²) in [5.74, 6) is 0.105. The molecule has 0 amide bonds. The summed E-state index contributed by atoms with van der Waals surface area (Å²) in [6, 6.07) is 0. The minimum Gasteiger partial charge on any atom is -0.462 e. The van der Waals surface area contributed by atoms with Gasteiger partial charge in [-0.3, -0.25) is 0 Å². The Labute approximate surface area is 92.3 Å². The van der Waals surface area contributed by atoms with Gasteiger partial charge in [0.05, 0.1) is 6.61 Å². The maximum atomic E-state index is 11.1. The Kier molecular flexibility index (Phi) is 7.33. The SMILES string of the molecule is C=C/C(C)=C/CCOC(=O)/C=C/C(C)C. The Hall–Kier alpha value is -1.31. The molecule has 0 N–H and O–H groups in total. The molecule has 0 atom stereocenters. The van der Waals surface area contributed by atoms with Gasteiger partial charge >= 0.3 is 5.97 Å². The molecule has 0 aromatic rings. The van der Waals surface area contributed by atoms with Crippen LogP contribution in [0.2, 0.25) is 0 Å². The number of allylic oxidation sites excluding steroid dienone is 3. The zero-order valence-electron chi connectivity index (χ0n) is 9.82. The van der Waals surface area contributed by atoms with Crippen LogP contribution >= 0.6 is 0 Å². The molecule has 2 nitrogen and oxygen atoms in total. The maximum Gasteiger partial charge on any atom is 0.330 e. The molecule has 0 saturated heterocycles. The second kappa shape index (κ2) is 8.04. The summed E-state index contributed by atoms with van der Waals surface area (Å²) in [4.78, 5) is 11.1. The quantitative estimate of drug-likeness (QED) is 0.290. The van der Waals surface area contributed by atoms with E-state index in [1.165, 1.54) is 6.08 Å². The lowest BCUT2D eigenvalue weighted by Gasteiger charge is -1.99. The van der Waals surface area contributed by atoms with E-state index in [0.29, 0.717) is 12.5 Å². The molecule has 0 aromatic carbocycles. The van der Waals surface area contributed by atoms with Crippen LogP contribution in [0.25, 0.3) is 0 Å². The number of ether oxygens (including phenoxy) is 1. The van der Waals surface area contributed by atoms with Gasteiger partial charge in [0.1, 0.15) is 0 Å². The molecular weight excluding hydrogens is 188 g/mol. The zero-order valence-corrected chi connectivity index (χ0v) is 9.82. The molecule has 0 aromatic heterocycles. The second-order valence-electron chi connectivity index (χ2n) is 3.71. The van der Waals surface area contributed by atoms with E-state index in [4.69, 9.17) is 4.74 Å². The summed E-state index contributed by atoms with van der Waals surface area (Å²) >= 11 is 0. The van der Waals surface area contributed by atoms with Crippen LogP contribution in [-0.2, 0) is 9.53 Å². The van der Waals surface area contributed by atoms with Gasteiger partial charge in [-0.05, 0) is 12.8 Å². The van der Waals surface area contributed by atoms with Crippen LogP contribution in [0.1, 0.15) is 27.2 Å². The average molecular weight is 208 g/mol. The molecule has 0 radical (unpaired) electrons. The van der Waals surface area contributed by atoms with Crippen molar-refractivity contribution in [3.63, 3.8) is 0 Å². The van der Waals surface area contributed by atoms with E-state index < -0.39 is 0 Å². The van der Waals surface area contributed by atoms with Gasteiger partial charge < -0.3 is 4.74 Å². The Morgan fingerprint density at radius 1 is 1.47 bits per heavy atom. The molecule has 0 spiro atoms. The molecule has 0 heterocycles. The van der Waals surface area contributed by atoms with Gasteiger partial charge in [-0.1, -0.05) is 44.2 Å². The van der Waals surface area contributed by atoms with E-state index in [2.05, 4.69) is 6.58 Å². The van der Waals surface area contributed by atoms with Crippen molar-refractivity contribution in [2.75, 3.05) is 6.61 Å². The molecule has 0 aliphatic carbocycles. The largest absolute Gasteiger partial charge is 0.462 e. The minimum atomic E-state index is -0.270.